The molecule has 0 saturated heterocycles. The number of nitrogens with zero attached hydrogens (tertiary/aromatic N) is 1. The monoisotopic (exact) mass is 1280 g/mol. The predicted octanol–water partition coefficient (Wildman–Crippen LogP) is 27.6. The molecule has 0 spiro atoms. The molecule has 0 aliphatic heterocycles. The normalized spacial score (nSPS) is 11.8. The summed E-state index contributed by atoms with van der Waals surface area (Å²) in [5.74, 6) is 0. The third kappa shape index (κ3) is 9.73. The maximum Gasteiger partial charge on any atom is 0.143 e. The number of benzene rings is 17. The largest absolute Gasteiger partial charge is 0.455 e. The molecule has 3 heteroatoms. The molecule has 0 fully saturated rings. The standard InChI is InChI=1S/C98H61NO2/c1-8-26-62(27-9-1)72-54-81(66-34-16-5-17-35-66)95-87(58-72)89-60-74(64-30-12-3-13-31-64)56-83(97(89)100-95)70-46-50-91-85(52-70)86-53-71(47-51-92(86)99(91)76-48-44-69(45-49-76)94-79-42-24-22-40-77(79)93(68-38-20-7-21-39-68)78-41-23-25-43-80(78)94)84-57-75(65-32-14-4-15-33-65)61-90-88-59-73(63-28-10-2-11-29-63)55-82(96(88)101-98(84)90)67-36-18-6-19-37-67/h1-61H. The molecule has 0 aliphatic carbocycles. The quantitative estimate of drug-likeness (QED) is 0.121. The van der Waals surface area contributed by atoms with Crippen LogP contribution in [0.2, 0.25) is 0 Å². The van der Waals surface area contributed by atoms with E-state index in [2.05, 4.69) is 375 Å². The van der Waals surface area contributed by atoms with Gasteiger partial charge in [-0.05, 0) is 195 Å². The summed E-state index contributed by atoms with van der Waals surface area (Å²) in [6.45, 7) is 0. The van der Waals surface area contributed by atoms with E-state index < -0.39 is 0 Å². The van der Waals surface area contributed by atoms with Gasteiger partial charge in [0.05, 0.1) is 11.0 Å². The zero-order chi connectivity index (χ0) is 66.5. The zero-order valence-electron chi connectivity index (χ0n) is 55.0. The van der Waals surface area contributed by atoms with Crippen molar-refractivity contribution in [2.45, 2.75) is 0 Å². The van der Waals surface area contributed by atoms with Crippen molar-refractivity contribution in [1.82, 2.24) is 4.57 Å². The molecule has 3 heterocycles. The molecule has 101 heavy (non-hydrogen) atoms. The molecule has 0 N–H and O–H groups in total. The van der Waals surface area contributed by atoms with Crippen LogP contribution in [0.15, 0.2) is 379 Å². The summed E-state index contributed by atoms with van der Waals surface area (Å²) in [7, 11) is 0. The lowest BCUT2D eigenvalue weighted by Crippen LogP contribution is -1.95. The van der Waals surface area contributed by atoms with Crippen LogP contribution in [-0.4, -0.2) is 4.57 Å². The summed E-state index contributed by atoms with van der Waals surface area (Å²) in [4.78, 5) is 0. The third-order valence-electron chi connectivity index (χ3n) is 20.7. The Kier molecular flexibility index (Phi) is 13.6. The van der Waals surface area contributed by atoms with Gasteiger partial charge in [0.25, 0.3) is 0 Å². The Morgan fingerprint density at radius 2 is 0.396 bits per heavy atom. The Balaban J connectivity index is 0.840. The SMILES string of the molecule is c1ccc(-c2cc(-c3ccccc3)c3oc4c(-c5ccc6c(c5)c5cc(-c7cc(-c8ccccc8)cc8c7oc7c(-c9ccccc9)cc(-c9ccccc9)cc78)ccc5n6-c5ccc(-c6c7ccccc7c(-c7ccccc7)c7ccccc67)cc5)cc(-c5ccccc5)cc4c3c2)cc1. The van der Waals surface area contributed by atoms with E-state index in [0.717, 1.165) is 166 Å². The number of hydrogen-bond donors (Lipinski definition) is 0. The Morgan fingerprint density at radius 1 is 0.158 bits per heavy atom. The average molecular weight is 1280 g/mol. The summed E-state index contributed by atoms with van der Waals surface area (Å²) in [6.07, 6.45) is 0. The maximum absolute atomic E-state index is 7.45. The highest BCUT2D eigenvalue weighted by Crippen LogP contribution is 2.50. The average Bonchev–Trinajstić information content (AvgIpc) is 1.28. The van der Waals surface area contributed by atoms with Gasteiger partial charge in [-0.1, -0.05) is 285 Å². The molecule has 0 unspecified atom stereocenters. The number of rotatable bonds is 11. The third-order valence-corrected chi connectivity index (χ3v) is 20.7. The minimum atomic E-state index is 0.841. The Morgan fingerprint density at radius 3 is 0.703 bits per heavy atom. The lowest BCUT2D eigenvalue weighted by atomic mass is 9.86. The topological polar surface area (TPSA) is 31.2 Å². The first-order valence-electron chi connectivity index (χ1n) is 34.7. The number of hydrogen-bond acceptors (Lipinski definition) is 2. The van der Waals surface area contributed by atoms with Gasteiger partial charge >= 0.3 is 0 Å². The fraction of sp³-hybridized carbons (Fsp3) is 0. The van der Waals surface area contributed by atoms with Gasteiger partial charge < -0.3 is 13.4 Å². The Labute approximate surface area is 584 Å². The zero-order valence-corrected chi connectivity index (χ0v) is 55.0. The van der Waals surface area contributed by atoms with Crippen LogP contribution in [-0.2, 0) is 0 Å². The van der Waals surface area contributed by atoms with Gasteiger partial charge in [0.2, 0.25) is 0 Å². The lowest BCUT2D eigenvalue weighted by molar-refractivity contribution is 0.671. The molecular weight excluding hydrogens is 1220 g/mol. The highest BCUT2D eigenvalue weighted by atomic mass is 16.3. The highest BCUT2D eigenvalue weighted by molar-refractivity contribution is 6.23. The Hall–Kier alpha value is -13.3. The van der Waals surface area contributed by atoms with Crippen molar-refractivity contribution in [3.8, 4) is 117 Å². The molecule has 3 aromatic heterocycles. The fourth-order valence-corrected chi connectivity index (χ4v) is 16.0. The molecule has 20 aromatic rings. The molecular formula is C98H61NO2. The molecule has 17 aromatic carbocycles. The van der Waals surface area contributed by atoms with Crippen molar-refractivity contribution in [3.63, 3.8) is 0 Å². The van der Waals surface area contributed by atoms with Crippen LogP contribution in [0.1, 0.15) is 0 Å². The number of aromatic nitrogens is 1. The molecule has 0 atom stereocenters. The van der Waals surface area contributed by atoms with Crippen molar-refractivity contribution in [2.75, 3.05) is 0 Å². The summed E-state index contributed by atoms with van der Waals surface area (Å²) >= 11 is 0. The second kappa shape index (κ2) is 23.7. The lowest BCUT2D eigenvalue weighted by Gasteiger charge is -2.18. The van der Waals surface area contributed by atoms with E-state index in [-0.39, 0.29) is 0 Å². The molecule has 470 valence electrons. The molecule has 20 rings (SSSR count). The van der Waals surface area contributed by atoms with Crippen LogP contribution in [0.25, 0.3) is 204 Å². The molecule has 3 nitrogen and oxygen atoms in total. The smallest absolute Gasteiger partial charge is 0.143 e. The summed E-state index contributed by atoms with van der Waals surface area (Å²) < 4.78 is 17.4. The molecule has 0 bridgehead atoms. The summed E-state index contributed by atoms with van der Waals surface area (Å²) in [6, 6.07) is 135. The second-order valence-electron chi connectivity index (χ2n) is 26.6. The van der Waals surface area contributed by atoms with E-state index in [0.29, 0.717) is 0 Å². The minimum Gasteiger partial charge on any atom is -0.455 e. The van der Waals surface area contributed by atoms with Gasteiger partial charge in [0.1, 0.15) is 22.3 Å². The molecule has 0 amide bonds. The van der Waals surface area contributed by atoms with Crippen molar-refractivity contribution >= 4 is 87.2 Å². The van der Waals surface area contributed by atoms with Gasteiger partial charge in [-0.2, -0.15) is 0 Å². The Bertz CT molecular complexity index is 6250. The number of furan rings is 2. The van der Waals surface area contributed by atoms with Crippen molar-refractivity contribution in [2.24, 2.45) is 0 Å². The predicted molar refractivity (Wildman–Crippen MR) is 425 cm³/mol. The van der Waals surface area contributed by atoms with E-state index in [9.17, 15) is 0 Å². The second-order valence-corrected chi connectivity index (χ2v) is 26.6. The van der Waals surface area contributed by atoms with Gasteiger partial charge in [-0.15, -0.1) is 0 Å². The van der Waals surface area contributed by atoms with Gasteiger partial charge in [-0.3, -0.25) is 0 Å². The van der Waals surface area contributed by atoms with Crippen LogP contribution in [0, 0.1) is 0 Å². The van der Waals surface area contributed by atoms with Crippen molar-refractivity contribution in [1.29, 1.82) is 0 Å². The van der Waals surface area contributed by atoms with E-state index in [1.54, 1.807) is 0 Å². The summed E-state index contributed by atoms with van der Waals surface area (Å²) in [5.41, 5.74) is 29.0. The first-order valence-corrected chi connectivity index (χ1v) is 34.7. The van der Waals surface area contributed by atoms with Crippen LogP contribution in [0.5, 0.6) is 0 Å². The van der Waals surface area contributed by atoms with E-state index >= 15 is 0 Å². The number of fused-ring (bicyclic) bond motifs is 11. The van der Waals surface area contributed by atoms with Crippen LogP contribution in [0.3, 0.4) is 0 Å². The van der Waals surface area contributed by atoms with E-state index in [1.165, 1.54) is 38.2 Å². The first-order chi connectivity index (χ1) is 50.1. The van der Waals surface area contributed by atoms with Gasteiger partial charge in [0, 0.05) is 60.3 Å². The van der Waals surface area contributed by atoms with Gasteiger partial charge in [0.15, 0.2) is 0 Å². The molecule has 0 saturated carbocycles. The fourth-order valence-electron chi connectivity index (χ4n) is 16.0. The minimum absolute atomic E-state index is 0.841. The van der Waals surface area contributed by atoms with E-state index in [4.69, 9.17) is 8.83 Å². The van der Waals surface area contributed by atoms with E-state index in [1.807, 2.05) is 0 Å². The van der Waals surface area contributed by atoms with Crippen molar-refractivity contribution in [3.05, 3.63) is 370 Å². The molecule has 0 aliphatic rings. The van der Waals surface area contributed by atoms with Crippen LogP contribution < -0.4 is 0 Å². The first kappa shape index (κ1) is 57.9. The van der Waals surface area contributed by atoms with Crippen LogP contribution >= 0.6 is 0 Å². The van der Waals surface area contributed by atoms with Crippen molar-refractivity contribution < 1.29 is 8.83 Å². The van der Waals surface area contributed by atoms with Crippen LogP contribution in [0.4, 0.5) is 0 Å². The summed E-state index contributed by atoms with van der Waals surface area (Å²) in [5, 5.41) is 11.4. The van der Waals surface area contributed by atoms with Gasteiger partial charge in [-0.25, -0.2) is 0 Å². The highest BCUT2D eigenvalue weighted by Gasteiger charge is 2.25. The molecule has 0 radical (unpaired) electrons. The maximum atomic E-state index is 7.45.